The molecule has 1 rings (SSSR count). The number of carbonyl (C=O) groups excluding carboxylic acids is 3. The fourth-order valence-corrected chi connectivity index (χ4v) is 3.14. The van der Waals surface area contributed by atoms with Crippen LogP contribution in [0.4, 0.5) is 0 Å². The minimum absolute atomic E-state index is 0.0852. The summed E-state index contributed by atoms with van der Waals surface area (Å²) in [4.78, 5) is 35.3. The van der Waals surface area contributed by atoms with Crippen LogP contribution < -0.4 is 16.1 Å². The zero-order valence-electron chi connectivity index (χ0n) is 14.4. The summed E-state index contributed by atoms with van der Waals surface area (Å²) >= 11 is 0. The molecular weight excluding hydrogens is 284 g/mol. The molecule has 0 aromatic carbocycles. The van der Waals surface area contributed by atoms with Gasteiger partial charge in [-0.1, -0.05) is 6.92 Å². The summed E-state index contributed by atoms with van der Waals surface area (Å²) in [5, 5.41) is 7.23. The maximum absolute atomic E-state index is 12.1. The molecule has 3 amide bonds. The molecule has 3 N–H and O–H groups in total. The Bertz CT molecular complexity index is 444. The van der Waals surface area contributed by atoms with Crippen LogP contribution in [0.5, 0.6) is 0 Å². The third-order valence-corrected chi connectivity index (χ3v) is 3.64. The van der Waals surface area contributed by atoms with E-state index in [2.05, 4.69) is 43.8 Å². The molecule has 1 fully saturated rings. The van der Waals surface area contributed by atoms with Gasteiger partial charge in [-0.3, -0.25) is 19.8 Å². The van der Waals surface area contributed by atoms with Crippen molar-refractivity contribution in [3.05, 3.63) is 0 Å². The SMILES string of the molecule is CCC(=O)NN(C)C(=O)C(=O)NC1CC(C)(C)NC(C)(C)C1. The second-order valence-electron chi connectivity index (χ2n) is 7.22. The number of amides is 3. The molecule has 1 aliphatic rings. The Hall–Kier alpha value is -1.63. The highest BCUT2D eigenvalue weighted by Gasteiger charge is 2.39. The van der Waals surface area contributed by atoms with Crippen molar-refractivity contribution in [3.63, 3.8) is 0 Å². The molecule has 7 heteroatoms. The number of likely N-dealkylation sites (N-methyl/N-ethyl adjacent to an activating group) is 1. The van der Waals surface area contributed by atoms with Gasteiger partial charge in [-0.15, -0.1) is 0 Å². The molecule has 1 saturated heterocycles. The van der Waals surface area contributed by atoms with Gasteiger partial charge in [0.2, 0.25) is 5.91 Å². The lowest BCUT2D eigenvalue weighted by Crippen LogP contribution is -2.63. The molecule has 0 radical (unpaired) electrons. The van der Waals surface area contributed by atoms with Crippen LogP contribution in [0.1, 0.15) is 53.9 Å². The van der Waals surface area contributed by atoms with Crippen LogP contribution in [0.2, 0.25) is 0 Å². The van der Waals surface area contributed by atoms with Crippen molar-refractivity contribution in [1.82, 2.24) is 21.1 Å². The largest absolute Gasteiger partial charge is 0.345 e. The van der Waals surface area contributed by atoms with E-state index >= 15 is 0 Å². The molecule has 22 heavy (non-hydrogen) atoms. The Labute approximate surface area is 132 Å². The van der Waals surface area contributed by atoms with E-state index in [0.29, 0.717) is 0 Å². The molecule has 7 nitrogen and oxygen atoms in total. The number of piperidine rings is 1. The lowest BCUT2D eigenvalue weighted by atomic mass is 9.79. The van der Waals surface area contributed by atoms with Crippen molar-refractivity contribution in [3.8, 4) is 0 Å². The van der Waals surface area contributed by atoms with Crippen LogP contribution in [0.3, 0.4) is 0 Å². The first-order valence-corrected chi connectivity index (χ1v) is 7.63. The standard InChI is InChI=1S/C15H28N4O3/c1-7-11(20)17-19(6)13(22)12(21)16-10-8-14(2,3)18-15(4,5)9-10/h10,18H,7-9H2,1-6H3,(H,16,21)(H,17,20). The van der Waals surface area contributed by atoms with E-state index < -0.39 is 11.8 Å². The normalized spacial score (nSPS) is 20.1. The Balaban J connectivity index is 2.64. The molecule has 1 heterocycles. The molecule has 0 bridgehead atoms. The zero-order chi connectivity index (χ0) is 17.1. The van der Waals surface area contributed by atoms with E-state index in [1.165, 1.54) is 7.05 Å². The van der Waals surface area contributed by atoms with Gasteiger partial charge >= 0.3 is 11.8 Å². The molecule has 0 aromatic heterocycles. The number of hydrogen-bond donors (Lipinski definition) is 3. The predicted octanol–water partition coefficient (Wildman–Crippen LogP) is 0.311. The van der Waals surface area contributed by atoms with Gasteiger partial charge in [0.1, 0.15) is 0 Å². The van der Waals surface area contributed by atoms with E-state index in [1.54, 1.807) is 6.92 Å². The van der Waals surface area contributed by atoms with E-state index in [-0.39, 0.29) is 29.4 Å². The van der Waals surface area contributed by atoms with Gasteiger partial charge in [0, 0.05) is 30.6 Å². The average molecular weight is 312 g/mol. The first kappa shape index (κ1) is 18.4. The van der Waals surface area contributed by atoms with Gasteiger partial charge in [-0.2, -0.15) is 0 Å². The van der Waals surface area contributed by atoms with Gasteiger partial charge < -0.3 is 10.6 Å². The molecule has 1 aliphatic heterocycles. The maximum atomic E-state index is 12.1. The summed E-state index contributed by atoms with van der Waals surface area (Å²) in [5.41, 5.74) is 2.11. The maximum Gasteiger partial charge on any atom is 0.329 e. The lowest BCUT2D eigenvalue weighted by Gasteiger charge is -2.46. The van der Waals surface area contributed by atoms with Gasteiger partial charge in [-0.05, 0) is 40.5 Å². The summed E-state index contributed by atoms with van der Waals surface area (Å²) in [6, 6.07) is -0.0852. The van der Waals surface area contributed by atoms with Crippen LogP contribution in [-0.4, -0.2) is 46.9 Å². The van der Waals surface area contributed by atoms with Crippen LogP contribution >= 0.6 is 0 Å². The van der Waals surface area contributed by atoms with Crippen molar-refractivity contribution in [2.75, 3.05) is 7.05 Å². The van der Waals surface area contributed by atoms with Gasteiger partial charge in [0.05, 0.1) is 0 Å². The Morgan fingerprint density at radius 3 is 2.09 bits per heavy atom. The molecular formula is C15H28N4O3. The fourth-order valence-electron chi connectivity index (χ4n) is 3.14. The quantitative estimate of drug-likeness (QED) is 0.506. The molecule has 126 valence electrons. The summed E-state index contributed by atoms with van der Waals surface area (Å²) in [7, 11) is 1.37. The van der Waals surface area contributed by atoms with E-state index in [9.17, 15) is 14.4 Å². The third-order valence-electron chi connectivity index (χ3n) is 3.64. The highest BCUT2D eigenvalue weighted by atomic mass is 16.2. The number of hydrogen-bond acceptors (Lipinski definition) is 4. The minimum Gasteiger partial charge on any atom is -0.345 e. The number of rotatable bonds is 2. The Morgan fingerprint density at radius 1 is 1.14 bits per heavy atom. The summed E-state index contributed by atoms with van der Waals surface area (Å²) < 4.78 is 0. The summed E-state index contributed by atoms with van der Waals surface area (Å²) in [6.45, 7) is 9.96. The smallest absolute Gasteiger partial charge is 0.329 e. The summed E-state index contributed by atoms with van der Waals surface area (Å²) in [5.74, 6) is -1.78. The van der Waals surface area contributed by atoms with E-state index in [4.69, 9.17) is 0 Å². The van der Waals surface area contributed by atoms with Gasteiger partial charge in [0.25, 0.3) is 0 Å². The van der Waals surface area contributed by atoms with Gasteiger partial charge in [0.15, 0.2) is 0 Å². The molecule has 0 atom stereocenters. The average Bonchev–Trinajstić information content (AvgIpc) is 2.33. The molecule has 0 aromatic rings. The molecule has 0 saturated carbocycles. The molecule has 0 aliphatic carbocycles. The predicted molar refractivity (Wildman–Crippen MR) is 83.7 cm³/mol. The molecule has 0 unspecified atom stereocenters. The third kappa shape index (κ3) is 5.29. The first-order valence-electron chi connectivity index (χ1n) is 7.63. The van der Waals surface area contributed by atoms with Crippen LogP contribution in [0.15, 0.2) is 0 Å². The topological polar surface area (TPSA) is 90.5 Å². The second-order valence-corrected chi connectivity index (χ2v) is 7.22. The fraction of sp³-hybridized carbons (Fsp3) is 0.800. The lowest BCUT2D eigenvalue weighted by molar-refractivity contribution is -0.149. The minimum atomic E-state index is -0.768. The van der Waals surface area contributed by atoms with Crippen LogP contribution in [0.25, 0.3) is 0 Å². The Morgan fingerprint density at radius 2 is 1.64 bits per heavy atom. The number of nitrogens with zero attached hydrogens (tertiary/aromatic N) is 1. The van der Waals surface area contributed by atoms with Crippen molar-refractivity contribution in [2.24, 2.45) is 0 Å². The zero-order valence-corrected chi connectivity index (χ0v) is 14.4. The first-order chi connectivity index (χ1) is 9.96. The highest BCUT2D eigenvalue weighted by molar-refractivity contribution is 6.35. The van der Waals surface area contributed by atoms with E-state index in [1.807, 2.05) is 0 Å². The monoisotopic (exact) mass is 312 g/mol. The summed E-state index contributed by atoms with van der Waals surface area (Å²) in [6.07, 6.45) is 1.72. The number of carbonyl (C=O) groups is 3. The molecule has 0 spiro atoms. The number of nitrogens with one attached hydrogen (secondary N) is 3. The number of hydrazine groups is 1. The second kappa shape index (κ2) is 6.64. The van der Waals surface area contributed by atoms with Crippen LogP contribution in [0, 0.1) is 0 Å². The van der Waals surface area contributed by atoms with Crippen molar-refractivity contribution >= 4 is 17.7 Å². The van der Waals surface area contributed by atoms with Crippen LogP contribution in [-0.2, 0) is 14.4 Å². The van der Waals surface area contributed by atoms with Crippen molar-refractivity contribution < 1.29 is 14.4 Å². The van der Waals surface area contributed by atoms with Gasteiger partial charge in [-0.25, -0.2) is 5.01 Å². The van der Waals surface area contributed by atoms with Crippen molar-refractivity contribution in [1.29, 1.82) is 0 Å². The van der Waals surface area contributed by atoms with Crippen molar-refractivity contribution in [2.45, 2.75) is 71.0 Å². The highest BCUT2D eigenvalue weighted by Crippen LogP contribution is 2.28. The Kier molecular flexibility index (Phi) is 5.56. The van der Waals surface area contributed by atoms with E-state index in [0.717, 1.165) is 17.9 Å².